The van der Waals surface area contributed by atoms with E-state index < -0.39 is 0 Å². The number of hydrogen-bond acceptors (Lipinski definition) is 2. The molecule has 0 heterocycles. The van der Waals surface area contributed by atoms with E-state index in [9.17, 15) is 4.79 Å². The summed E-state index contributed by atoms with van der Waals surface area (Å²) in [4.78, 5) is 17.3. The van der Waals surface area contributed by atoms with E-state index in [2.05, 4.69) is 5.32 Å². The van der Waals surface area contributed by atoms with Crippen LogP contribution in [0, 0.1) is 5.92 Å². The zero-order valence-electron chi connectivity index (χ0n) is 10.6. The number of nitrogens with zero attached hydrogens (tertiary/aromatic N) is 1. The highest BCUT2D eigenvalue weighted by molar-refractivity contribution is 5.88. The largest absolute Gasteiger partial charge is 0.345 e. The molecule has 94 valence electrons. The molecule has 0 aromatic heterocycles. The van der Waals surface area contributed by atoms with Gasteiger partial charge < -0.3 is 5.32 Å². The number of hydrogen-bond donors (Lipinski definition) is 1. The van der Waals surface area contributed by atoms with E-state index in [4.69, 9.17) is 4.84 Å². The van der Waals surface area contributed by atoms with E-state index in [1.165, 1.54) is 5.06 Å². The lowest BCUT2D eigenvalue weighted by Crippen LogP contribution is -2.35. The maximum atomic E-state index is 11.8. The molecule has 4 nitrogen and oxygen atoms in total. The summed E-state index contributed by atoms with van der Waals surface area (Å²) in [5.74, 6) is 0.397. The van der Waals surface area contributed by atoms with Crippen LogP contribution in [-0.4, -0.2) is 24.2 Å². The molecule has 0 saturated carbocycles. The molecule has 0 aliphatic heterocycles. The monoisotopic (exact) mass is 236 g/mol. The van der Waals surface area contributed by atoms with Gasteiger partial charge in [0.2, 0.25) is 0 Å². The maximum Gasteiger partial charge on any atom is 0.345 e. The van der Waals surface area contributed by atoms with Crippen molar-refractivity contribution in [3.05, 3.63) is 30.3 Å². The van der Waals surface area contributed by atoms with Crippen molar-refractivity contribution in [3.8, 4) is 0 Å². The van der Waals surface area contributed by atoms with Gasteiger partial charge in [0, 0.05) is 12.2 Å². The van der Waals surface area contributed by atoms with E-state index in [1.54, 1.807) is 0 Å². The van der Waals surface area contributed by atoms with E-state index in [0.29, 0.717) is 19.1 Å². The van der Waals surface area contributed by atoms with Crippen molar-refractivity contribution in [2.45, 2.75) is 20.8 Å². The maximum absolute atomic E-state index is 11.8. The summed E-state index contributed by atoms with van der Waals surface area (Å²) in [6, 6.07) is 9.10. The lowest BCUT2D eigenvalue weighted by atomic mass is 10.2. The molecular weight excluding hydrogens is 216 g/mol. The second-order valence-electron chi connectivity index (χ2n) is 4.18. The van der Waals surface area contributed by atoms with E-state index in [0.717, 1.165) is 5.69 Å². The molecule has 1 aromatic rings. The van der Waals surface area contributed by atoms with Crippen LogP contribution in [0.1, 0.15) is 20.8 Å². The summed E-state index contributed by atoms with van der Waals surface area (Å²) in [5, 5.41) is 4.12. The smallest absolute Gasteiger partial charge is 0.306 e. The van der Waals surface area contributed by atoms with Gasteiger partial charge in [-0.2, -0.15) is 0 Å². The molecule has 0 saturated heterocycles. The summed E-state index contributed by atoms with van der Waals surface area (Å²) in [6.07, 6.45) is 0. The molecule has 0 spiro atoms. The molecule has 1 rings (SSSR count). The first-order valence-corrected chi connectivity index (χ1v) is 5.90. The molecule has 2 amide bonds. The topological polar surface area (TPSA) is 41.6 Å². The number of nitrogens with one attached hydrogen (secondary N) is 1. The molecule has 0 atom stereocenters. The van der Waals surface area contributed by atoms with Crippen LogP contribution in [0.4, 0.5) is 10.5 Å². The normalized spacial score (nSPS) is 10.4. The van der Waals surface area contributed by atoms with Crippen molar-refractivity contribution in [3.63, 3.8) is 0 Å². The fraction of sp³-hybridized carbons (Fsp3) is 0.462. The number of benzene rings is 1. The highest BCUT2D eigenvalue weighted by atomic mass is 16.7. The van der Waals surface area contributed by atoms with Crippen molar-refractivity contribution in [1.82, 2.24) is 5.06 Å². The fourth-order valence-electron chi connectivity index (χ4n) is 1.24. The van der Waals surface area contributed by atoms with Gasteiger partial charge >= 0.3 is 6.03 Å². The van der Waals surface area contributed by atoms with Gasteiger partial charge in [0.05, 0.1) is 6.61 Å². The summed E-state index contributed by atoms with van der Waals surface area (Å²) in [6.45, 7) is 7.03. The molecule has 1 N–H and O–H groups in total. The number of amides is 2. The zero-order chi connectivity index (χ0) is 12.7. The van der Waals surface area contributed by atoms with E-state index in [1.807, 2.05) is 51.1 Å². The van der Waals surface area contributed by atoms with Crippen LogP contribution in [0.3, 0.4) is 0 Å². The van der Waals surface area contributed by atoms with Crippen molar-refractivity contribution in [2.24, 2.45) is 5.92 Å². The Kier molecular flexibility index (Phi) is 5.49. The van der Waals surface area contributed by atoms with Crippen LogP contribution in [0.15, 0.2) is 30.3 Å². The second-order valence-corrected chi connectivity index (χ2v) is 4.18. The third kappa shape index (κ3) is 4.87. The predicted octanol–water partition coefficient (Wildman–Crippen LogP) is 3.13. The van der Waals surface area contributed by atoms with Crippen LogP contribution >= 0.6 is 0 Å². The predicted molar refractivity (Wildman–Crippen MR) is 68.6 cm³/mol. The minimum atomic E-state index is -0.237. The van der Waals surface area contributed by atoms with Crippen molar-refractivity contribution in [2.75, 3.05) is 18.5 Å². The summed E-state index contributed by atoms with van der Waals surface area (Å²) < 4.78 is 0. The number of rotatable bonds is 5. The Morgan fingerprint density at radius 1 is 1.35 bits per heavy atom. The van der Waals surface area contributed by atoms with Crippen LogP contribution in [0.2, 0.25) is 0 Å². The molecule has 17 heavy (non-hydrogen) atoms. The standard InChI is InChI=1S/C13H20N2O2/c1-4-15(17-10-11(2)3)13(16)14-12-8-6-5-7-9-12/h5-9,11H,4,10H2,1-3H3,(H,14,16). The quantitative estimate of drug-likeness (QED) is 0.798. The Hall–Kier alpha value is -1.55. The van der Waals surface area contributed by atoms with Crippen LogP contribution in [0.5, 0.6) is 0 Å². The SMILES string of the molecule is CCN(OCC(C)C)C(=O)Nc1ccccc1. The van der Waals surface area contributed by atoms with Crippen molar-refractivity contribution in [1.29, 1.82) is 0 Å². The number of hydroxylamine groups is 2. The fourth-order valence-corrected chi connectivity index (χ4v) is 1.24. The summed E-state index contributed by atoms with van der Waals surface area (Å²) in [5.41, 5.74) is 0.768. The van der Waals surface area contributed by atoms with E-state index in [-0.39, 0.29) is 6.03 Å². The lowest BCUT2D eigenvalue weighted by molar-refractivity contribution is -0.119. The summed E-state index contributed by atoms with van der Waals surface area (Å²) in [7, 11) is 0. The Morgan fingerprint density at radius 2 is 2.00 bits per heavy atom. The van der Waals surface area contributed by atoms with E-state index >= 15 is 0 Å². The molecule has 0 unspecified atom stereocenters. The molecule has 0 aliphatic rings. The Morgan fingerprint density at radius 3 is 2.53 bits per heavy atom. The van der Waals surface area contributed by atoms with Crippen molar-refractivity contribution >= 4 is 11.7 Å². The third-order valence-corrected chi connectivity index (χ3v) is 2.10. The van der Waals surface area contributed by atoms with Gasteiger partial charge in [0.15, 0.2) is 0 Å². The number of urea groups is 1. The minimum Gasteiger partial charge on any atom is -0.306 e. The lowest BCUT2D eigenvalue weighted by Gasteiger charge is -2.21. The van der Waals surface area contributed by atoms with Crippen molar-refractivity contribution < 1.29 is 9.63 Å². The zero-order valence-corrected chi connectivity index (χ0v) is 10.6. The van der Waals surface area contributed by atoms with Gasteiger partial charge in [0.1, 0.15) is 0 Å². The first-order chi connectivity index (χ1) is 8.13. The molecular formula is C13H20N2O2. The average Bonchev–Trinajstić information content (AvgIpc) is 2.30. The number of anilines is 1. The number of carbonyl (C=O) groups excluding carboxylic acids is 1. The summed E-state index contributed by atoms with van der Waals surface area (Å²) >= 11 is 0. The molecule has 0 fully saturated rings. The van der Waals surface area contributed by atoms with Crippen LogP contribution in [0.25, 0.3) is 0 Å². The number of para-hydroxylation sites is 1. The van der Waals surface area contributed by atoms with Gasteiger partial charge in [0.25, 0.3) is 0 Å². The molecule has 1 aromatic carbocycles. The van der Waals surface area contributed by atoms with Gasteiger partial charge in [-0.3, -0.25) is 4.84 Å². The van der Waals surface area contributed by atoms with Gasteiger partial charge in [-0.15, -0.1) is 0 Å². The second kappa shape index (κ2) is 6.91. The third-order valence-electron chi connectivity index (χ3n) is 2.10. The first kappa shape index (κ1) is 13.5. The molecule has 0 radical (unpaired) electrons. The first-order valence-electron chi connectivity index (χ1n) is 5.90. The Labute approximate surface area is 103 Å². The molecule has 4 heteroatoms. The minimum absolute atomic E-state index is 0.237. The highest BCUT2D eigenvalue weighted by Gasteiger charge is 2.12. The average molecular weight is 236 g/mol. The van der Waals surface area contributed by atoms with Gasteiger partial charge in [-0.05, 0) is 25.0 Å². The number of carbonyl (C=O) groups is 1. The van der Waals surface area contributed by atoms with Gasteiger partial charge in [-0.25, -0.2) is 9.86 Å². The van der Waals surface area contributed by atoms with Gasteiger partial charge in [-0.1, -0.05) is 32.0 Å². The Balaban J connectivity index is 2.49. The molecule has 0 aliphatic carbocycles. The highest BCUT2D eigenvalue weighted by Crippen LogP contribution is 2.07. The van der Waals surface area contributed by atoms with Crippen LogP contribution < -0.4 is 5.32 Å². The Bertz CT molecular complexity index is 339. The molecule has 0 bridgehead atoms. The van der Waals surface area contributed by atoms with Crippen LogP contribution in [-0.2, 0) is 4.84 Å².